The number of carbonyl (C=O) groups is 1. The first-order valence-electron chi connectivity index (χ1n) is 7.91. The lowest BCUT2D eigenvalue weighted by Crippen LogP contribution is -2.49. The van der Waals surface area contributed by atoms with Crippen molar-refractivity contribution in [2.24, 2.45) is 0 Å². The highest BCUT2D eigenvalue weighted by Crippen LogP contribution is 2.20. The third-order valence-electron chi connectivity index (χ3n) is 4.25. The Morgan fingerprint density at radius 3 is 2.58 bits per heavy atom. The average Bonchev–Trinajstić information content (AvgIpc) is 3.11. The van der Waals surface area contributed by atoms with E-state index in [1.807, 2.05) is 30.3 Å². The van der Waals surface area contributed by atoms with E-state index in [1.54, 1.807) is 16.3 Å². The van der Waals surface area contributed by atoms with Gasteiger partial charge in [0.2, 0.25) is 0 Å². The molecule has 1 aromatic carbocycles. The molecule has 0 unspecified atom stereocenters. The predicted molar refractivity (Wildman–Crippen MR) is 92.8 cm³/mol. The van der Waals surface area contributed by atoms with Gasteiger partial charge in [-0.05, 0) is 17.0 Å². The number of benzene rings is 1. The third kappa shape index (κ3) is 3.65. The van der Waals surface area contributed by atoms with Crippen LogP contribution in [0.1, 0.15) is 26.9 Å². The minimum atomic E-state index is -0.518. The molecule has 1 aliphatic rings. The molecule has 5 nitrogen and oxygen atoms in total. The fourth-order valence-electron chi connectivity index (χ4n) is 2.87. The number of rotatable bonds is 4. The van der Waals surface area contributed by atoms with E-state index in [1.165, 1.54) is 11.3 Å². The summed E-state index contributed by atoms with van der Waals surface area (Å²) in [4.78, 5) is 17.0. The fourth-order valence-corrected chi connectivity index (χ4v) is 3.68. The van der Waals surface area contributed by atoms with E-state index < -0.39 is 6.10 Å². The van der Waals surface area contributed by atoms with Gasteiger partial charge in [0.15, 0.2) is 0 Å². The lowest BCUT2D eigenvalue weighted by Gasteiger charge is -2.35. The highest BCUT2D eigenvalue weighted by molar-refractivity contribution is 7.12. The number of piperazine rings is 1. The van der Waals surface area contributed by atoms with Crippen molar-refractivity contribution in [2.45, 2.75) is 6.10 Å². The van der Waals surface area contributed by atoms with Crippen LogP contribution in [0.4, 0.5) is 0 Å². The molecule has 1 amide bonds. The van der Waals surface area contributed by atoms with E-state index >= 15 is 0 Å². The van der Waals surface area contributed by atoms with Crippen molar-refractivity contribution in [1.29, 1.82) is 5.26 Å². The number of nitriles is 1. The van der Waals surface area contributed by atoms with Gasteiger partial charge in [-0.1, -0.05) is 30.3 Å². The van der Waals surface area contributed by atoms with Crippen LogP contribution < -0.4 is 0 Å². The Balaban J connectivity index is 1.54. The standard InChI is InChI=1S/C18H19N3O2S/c19-12-15-6-11-24-17(15)18(23)21-9-7-20(8-10-21)13-16(22)14-4-2-1-3-5-14/h1-6,11,16,22H,7-10,13H2/t16-/m1/s1. The van der Waals surface area contributed by atoms with E-state index in [2.05, 4.69) is 11.0 Å². The van der Waals surface area contributed by atoms with Gasteiger partial charge in [-0.2, -0.15) is 5.26 Å². The second kappa shape index (κ2) is 7.58. The normalized spacial score (nSPS) is 16.6. The zero-order valence-corrected chi connectivity index (χ0v) is 14.1. The Kier molecular flexibility index (Phi) is 5.26. The maximum absolute atomic E-state index is 12.5. The van der Waals surface area contributed by atoms with Gasteiger partial charge < -0.3 is 10.0 Å². The second-order valence-electron chi connectivity index (χ2n) is 5.79. The van der Waals surface area contributed by atoms with E-state index in [0.717, 1.165) is 18.7 Å². The van der Waals surface area contributed by atoms with E-state index in [-0.39, 0.29) is 5.91 Å². The largest absolute Gasteiger partial charge is 0.387 e. The number of β-amino-alcohol motifs (C(OH)–C–C–N with tert-alkyl or cyclic N) is 1. The highest BCUT2D eigenvalue weighted by Gasteiger charge is 2.25. The van der Waals surface area contributed by atoms with E-state index in [0.29, 0.717) is 30.1 Å². The topological polar surface area (TPSA) is 67.6 Å². The first-order chi connectivity index (χ1) is 11.7. The summed E-state index contributed by atoms with van der Waals surface area (Å²) in [7, 11) is 0. The van der Waals surface area contributed by atoms with Gasteiger partial charge in [0.1, 0.15) is 10.9 Å². The minimum Gasteiger partial charge on any atom is -0.387 e. The van der Waals surface area contributed by atoms with Crippen molar-refractivity contribution < 1.29 is 9.90 Å². The van der Waals surface area contributed by atoms with Gasteiger partial charge in [0.25, 0.3) is 5.91 Å². The zero-order valence-electron chi connectivity index (χ0n) is 13.3. The van der Waals surface area contributed by atoms with Crippen LogP contribution in [0.15, 0.2) is 41.8 Å². The van der Waals surface area contributed by atoms with Crippen LogP contribution in [0.5, 0.6) is 0 Å². The molecule has 3 rings (SSSR count). The van der Waals surface area contributed by atoms with Crippen LogP contribution in [0.2, 0.25) is 0 Å². The highest BCUT2D eigenvalue weighted by atomic mass is 32.1. The molecule has 24 heavy (non-hydrogen) atoms. The van der Waals surface area contributed by atoms with Crippen molar-refractivity contribution in [1.82, 2.24) is 9.80 Å². The van der Waals surface area contributed by atoms with Gasteiger partial charge in [0, 0.05) is 32.7 Å². The Morgan fingerprint density at radius 2 is 1.92 bits per heavy atom. The maximum Gasteiger partial charge on any atom is 0.265 e. The lowest BCUT2D eigenvalue weighted by molar-refractivity contribution is 0.0531. The second-order valence-corrected chi connectivity index (χ2v) is 6.71. The molecule has 0 aliphatic carbocycles. The van der Waals surface area contributed by atoms with Crippen LogP contribution in [0.25, 0.3) is 0 Å². The number of hydrogen-bond donors (Lipinski definition) is 1. The quantitative estimate of drug-likeness (QED) is 0.925. The Bertz CT molecular complexity index is 730. The van der Waals surface area contributed by atoms with Gasteiger partial charge >= 0.3 is 0 Å². The Morgan fingerprint density at radius 1 is 1.21 bits per heavy atom. The molecule has 2 aromatic rings. The van der Waals surface area contributed by atoms with Crippen LogP contribution in [-0.4, -0.2) is 53.5 Å². The van der Waals surface area contributed by atoms with Crippen molar-refractivity contribution in [3.8, 4) is 6.07 Å². The monoisotopic (exact) mass is 341 g/mol. The number of carbonyl (C=O) groups excluding carboxylic acids is 1. The number of thiophene rings is 1. The lowest BCUT2D eigenvalue weighted by atomic mass is 10.1. The number of hydrogen-bond acceptors (Lipinski definition) is 5. The summed E-state index contributed by atoms with van der Waals surface area (Å²) in [5.74, 6) is -0.0650. The van der Waals surface area contributed by atoms with Gasteiger partial charge in [-0.25, -0.2) is 0 Å². The first-order valence-corrected chi connectivity index (χ1v) is 8.79. The zero-order chi connectivity index (χ0) is 16.9. The molecule has 0 saturated carbocycles. The molecule has 6 heteroatoms. The van der Waals surface area contributed by atoms with Gasteiger partial charge in [-0.3, -0.25) is 9.69 Å². The summed E-state index contributed by atoms with van der Waals surface area (Å²) in [6.07, 6.45) is -0.518. The fraction of sp³-hybridized carbons (Fsp3) is 0.333. The van der Waals surface area contributed by atoms with Crippen LogP contribution >= 0.6 is 11.3 Å². The van der Waals surface area contributed by atoms with Gasteiger partial charge in [0.05, 0.1) is 11.7 Å². The number of amides is 1. The summed E-state index contributed by atoms with van der Waals surface area (Å²) in [5.41, 5.74) is 1.36. The Hall–Kier alpha value is -2.20. The van der Waals surface area contributed by atoms with E-state index in [9.17, 15) is 9.90 Å². The number of aliphatic hydroxyl groups excluding tert-OH is 1. The first kappa shape index (κ1) is 16.7. The minimum absolute atomic E-state index is 0.0650. The van der Waals surface area contributed by atoms with Crippen molar-refractivity contribution >= 4 is 17.2 Å². The average molecular weight is 341 g/mol. The molecule has 2 heterocycles. The van der Waals surface area contributed by atoms with Crippen molar-refractivity contribution in [3.63, 3.8) is 0 Å². The third-order valence-corrected chi connectivity index (χ3v) is 5.16. The van der Waals surface area contributed by atoms with Crippen molar-refractivity contribution in [3.05, 3.63) is 57.8 Å². The molecule has 0 spiro atoms. The predicted octanol–water partition coefficient (Wildman–Crippen LogP) is 2.11. The molecule has 0 radical (unpaired) electrons. The molecule has 124 valence electrons. The molecule has 1 aromatic heterocycles. The summed E-state index contributed by atoms with van der Waals surface area (Å²) < 4.78 is 0. The SMILES string of the molecule is N#Cc1ccsc1C(=O)N1CCN(C[C@@H](O)c2ccccc2)CC1. The molecule has 1 fully saturated rings. The molecule has 1 N–H and O–H groups in total. The molecular weight excluding hydrogens is 322 g/mol. The summed E-state index contributed by atoms with van der Waals surface area (Å²) in [5, 5.41) is 21.1. The van der Waals surface area contributed by atoms with E-state index in [4.69, 9.17) is 5.26 Å². The van der Waals surface area contributed by atoms with Crippen LogP contribution in [-0.2, 0) is 0 Å². The van der Waals surface area contributed by atoms with Crippen molar-refractivity contribution in [2.75, 3.05) is 32.7 Å². The maximum atomic E-state index is 12.5. The molecular formula is C18H19N3O2S. The van der Waals surface area contributed by atoms with Gasteiger partial charge in [-0.15, -0.1) is 11.3 Å². The number of aliphatic hydroxyl groups is 1. The summed E-state index contributed by atoms with van der Waals surface area (Å²) in [6, 6.07) is 13.4. The molecule has 1 atom stereocenters. The smallest absolute Gasteiger partial charge is 0.265 e. The summed E-state index contributed by atoms with van der Waals surface area (Å²) in [6.45, 7) is 3.24. The summed E-state index contributed by atoms with van der Waals surface area (Å²) >= 11 is 1.32. The molecule has 1 aliphatic heterocycles. The molecule has 0 bridgehead atoms. The van der Waals surface area contributed by atoms with Crippen LogP contribution in [0, 0.1) is 11.3 Å². The molecule has 1 saturated heterocycles. The van der Waals surface area contributed by atoms with Crippen LogP contribution in [0.3, 0.4) is 0 Å². The Labute approximate surface area is 145 Å². The number of nitrogens with zero attached hydrogens (tertiary/aromatic N) is 3.